The fourth-order valence-corrected chi connectivity index (χ4v) is 12.8. The maximum absolute atomic E-state index is 5.33. The van der Waals surface area contributed by atoms with Crippen LogP contribution < -0.4 is 0 Å². The summed E-state index contributed by atoms with van der Waals surface area (Å²) in [6.45, 7) is 0. The smallest absolute Gasteiger partial charge is 0.164 e. The molecule has 0 aliphatic carbocycles. The average molecular weight is 1160 g/mol. The molecule has 0 saturated heterocycles. The van der Waals surface area contributed by atoms with Gasteiger partial charge in [0.2, 0.25) is 0 Å². The highest BCUT2D eigenvalue weighted by atomic mass is 15.0. The summed E-state index contributed by atoms with van der Waals surface area (Å²) in [6.07, 6.45) is 0. The van der Waals surface area contributed by atoms with Crippen LogP contribution in [0.5, 0.6) is 0 Å². The predicted octanol–water partition coefficient (Wildman–Crippen LogP) is 23.0. The molecule has 0 aliphatic rings. The van der Waals surface area contributed by atoms with Crippen molar-refractivity contribution >= 4 is 21.8 Å². The fourth-order valence-electron chi connectivity index (χ4n) is 12.8. The van der Waals surface area contributed by atoms with Crippen LogP contribution in [0.4, 0.5) is 0 Å². The number of para-hydroxylation sites is 2. The third-order valence-electron chi connectivity index (χ3n) is 17.4. The number of rotatable bonds is 13. The molecule has 0 radical (unpaired) electrons. The van der Waals surface area contributed by atoms with Crippen LogP contribution in [0.25, 0.3) is 162 Å². The van der Waals surface area contributed by atoms with E-state index in [1.54, 1.807) is 0 Å². The Balaban J connectivity index is 0.712. The zero-order valence-electron chi connectivity index (χ0n) is 49.8. The highest BCUT2D eigenvalue weighted by molar-refractivity contribution is 6.09. The Bertz CT molecular complexity index is 5280. The van der Waals surface area contributed by atoms with Crippen molar-refractivity contribution in [3.63, 3.8) is 0 Å². The Kier molecular flexibility index (Phi) is 14.2. The van der Waals surface area contributed by atoms with Crippen LogP contribution in [-0.2, 0) is 0 Å². The Labute approximate surface area is 530 Å². The number of hydrogen-bond acceptors (Lipinski definition) is 3. The lowest BCUT2D eigenvalue weighted by Gasteiger charge is -2.13. The molecule has 0 saturated carbocycles. The second-order valence-corrected chi connectivity index (χ2v) is 23.2. The maximum Gasteiger partial charge on any atom is 0.164 e. The second kappa shape index (κ2) is 23.9. The number of fused-ring (bicyclic) bond motifs is 3. The molecule has 91 heavy (non-hydrogen) atoms. The van der Waals surface area contributed by atoms with Crippen LogP contribution >= 0.6 is 0 Å². The highest BCUT2D eigenvalue weighted by Gasteiger charge is 2.18. The van der Waals surface area contributed by atoms with Gasteiger partial charge in [-0.3, -0.25) is 0 Å². The normalized spacial score (nSPS) is 11.3. The standard InChI is InChI=1S/C87H58N4/c1-3-19-59(20-4-1)65-23-11-26-68(51-65)71-29-14-31-73(54-71)70-28-13-25-67(53-70)63-45-43-61(44-46-63)62-47-49-64(50-48-62)85-88-86(90-87(89-85)79-37-18-38-80(58-79)91-83-41-9-7-39-81(83)82-40-8-10-42-84(82)91)78-36-17-35-77(57-78)76-34-16-33-75(56-76)74-32-15-30-72(55-74)69-27-12-24-66(52-69)60-21-5-2-6-22-60/h1-58H. The minimum atomic E-state index is 0.592. The van der Waals surface area contributed by atoms with Gasteiger partial charge in [-0.05, 0) is 167 Å². The Hall–Kier alpha value is -12.1. The van der Waals surface area contributed by atoms with Crippen LogP contribution in [0.15, 0.2) is 352 Å². The van der Waals surface area contributed by atoms with Crippen molar-refractivity contribution in [1.29, 1.82) is 0 Å². The Morgan fingerprint density at radius 1 is 0.154 bits per heavy atom. The molecule has 4 heteroatoms. The van der Waals surface area contributed by atoms with E-state index in [4.69, 9.17) is 15.0 Å². The summed E-state index contributed by atoms with van der Waals surface area (Å²) in [7, 11) is 0. The summed E-state index contributed by atoms with van der Waals surface area (Å²) in [5, 5.41) is 2.42. The van der Waals surface area contributed by atoms with Gasteiger partial charge >= 0.3 is 0 Å². The number of aromatic nitrogens is 4. The average Bonchev–Trinajstić information content (AvgIpc) is 1.81. The molecule has 0 atom stereocenters. The van der Waals surface area contributed by atoms with E-state index in [1.807, 2.05) is 0 Å². The zero-order chi connectivity index (χ0) is 60.5. The molecule has 0 aliphatic heterocycles. The summed E-state index contributed by atoms with van der Waals surface area (Å²) in [5.41, 5.74) is 26.9. The third kappa shape index (κ3) is 11.0. The topological polar surface area (TPSA) is 43.6 Å². The van der Waals surface area contributed by atoms with Crippen molar-refractivity contribution in [2.75, 3.05) is 0 Å². The Morgan fingerprint density at radius 2 is 0.374 bits per heavy atom. The quantitative estimate of drug-likeness (QED) is 0.116. The monoisotopic (exact) mass is 1160 g/mol. The largest absolute Gasteiger partial charge is 0.309 e. The van der Waals surface area contributed by atoms with Gasteiger partial charge in [-0.15, -0.1) is 0 Å². The number of hydrogen-bond donors (Lipinski definition) is 0. The molecule has 0 N–H and O–H groups in total. The van der Waals surface area contributed by atoms with Gasteiger partial charge in [0.1, 0.15) is 0 Å². The SMILES string of the molecule is c1ccc(-c2cccc(-c3cccc(-c4cccc(-c5ccc(-c6ccc(-c7nc(-c8cccc(-c9cccc(-c%10cccc(-c%11cccc(-c%12ccccc%12)c%11)c%10)c9)c8)nc(-c8cccc(-n9c%10ccccc%10c%10ccccc%109)c8)n7)cc6)cc5)c4)c3)c2)cc1. The van der Waals surface area contributed by atoms with Gasteiger partial charge in [0.15, 0.2) is 17.5 Å². The molecule has 0 unspecified atom stereocenters. The van der Waals surface area contributed by atoms with Gasteiger partial charge in [-0.1, -0.05) is 285 Å². The van der Waals surface area contributed by atoms with Crippen molar-refractivity contribution in [2.45, 2.75) is 0 Å². The van der Waals surface area contributed by atoms with Gasteiger partial charge in [-0.25, -0.2) is 15.0 Å². The molecule has 0 fully saturated rings. The summed E-state index contributed by atoms with van der Waals surface area (Å²) in [5.74, 6) is 1.78. The van der Waals surface area contributed by atoms with E-state index in [0.717, 1.165) is 72.4 Å². The lowest BCUT2D eigenvalue weighted by molar-refractivity contribution is 1.07. The molecule has 4 nitrogen and oxygen atoms in total. The van der Waals surface area contributed by atoms with Gasteiger partial charge in [-0.2, -0.15) is 0 Å². The molecule has 16 rings (SSSR count). The van der Waals surface area contributed by atoms with E-state index in [-0.39, 0.29) is 0 Å². The number of benzene rings is 14. The molecular weight excluding hydrogens is 1100 g/mol. The number of nitrogens with zero attached hydrogens (tertiary/aromatic N) is 4. The van der Waals surface area contributed by atoms with Crippen molar-refractivity contribution in [3.05, 3.63) is 352 Å². The van der Waals surface area contributed by atoms with Crippen molar-refractivity contribution in [1.82, 2.24) is 19.5 Å². The van der Waals surface area contributed by atoms with E-state index < -0.39 is 0 Å². The molecule has 2 heterocycles. The minimum absolute atomic E-state index is 0.592. The van der Waals surface area contributed by atoms with Gasteiger partial charge in [0, 0.05) is 33.2 Å². The van der Waals surface area contributed by atoms with E-state index in [1.165, 1.54) is 72.0 Å². The lowest BCUT2D eigenvalue weighted by Crippen LogP contribution is -2.01. The van der Waals surface area contributed by atoms with E-state index >= 15 is 0 Å². The van der Waals surface area contributed by atoms with Crippen molar-refractivity contribution in [3.8, 4) is 140 Å². The van der Waals surface area contributed by atoms with Crippen LogP contribution in [0.2, 0.25) is 0 Å². The zero-order valence-corrected chi connectivity index (χ0v) is 49.8. The first-order chi connectivity index (χ1) is 45.0. The molecule has 0 spiro atoms. The maximum atomic E-state index is 5.33. The molecule has 0 bridgehead atoms. The summed E-state index contributed by atoms with van der Waals surface area (Å²) >= 11 is 0. The molecule has 16 aromatic rings. The van der Waals surface area contributed by atoms with Crippen LogP contribution in [0, 0.1) is 0 Å². The van der Waals surface area contributed by atoms with E-state index in [2.05, 4.69) is 356 Å². The summed E-state index contributed by atoms with van der Waals surface area (Å²) in [6, 6.07) is 126. The van der Waals surface area contributed by atoms with E-state index in [0.29, 0.717) is 17.5 Å². The van der Waals surface area contributed by atoms with Crippen LogP contribution in [-0.4, -0.2) is 19.5 Å². The first-order valence-electron chi connectivity index (χ1n) is 31.0. The lowest BCUT2D eigenvalue weighted by atomic mass is 9.94. The first kappa shape index (κ1) is 54.3. The molecule has 426 valence electrons. The van der Waals surface area contributed by atoms with Gasteiger partial charge in [0.25, 0.3) is 0 Å². The highest BCUT2D eigenvalue weighted by Crippen LogP contribution is 2.38. The van der Waals surface area contributed by atoms with Crippen LogP contribution in [0.1, 0.15) is 0 Å². The molecule has 0 amide bonds. The molecular formula is C87H58N4. The van der Waals surface area contributed by atoms with Crippen LogP contribution in [0.3, 0.4) is 0 Å². The first-order valence-corrected chi connectivity index (χ1v) is 31.0. The molecule has 14 aromatic carbocycles. The summed E-state index contributed by atoms with van der Waals surface area (Å²) < 4.78 is 2.34. The minimum Gasteiger partial charge on any atom is -0.309 e. The van der Waals surface area contributed by atoms with Crippen molar-refractivity contribution < 1.29 is 0 Å². The summed E-state index contributed by atoms with van der Waals surface area (Å²) in [4.78, 5) is 15.9. The van der Waals surface area contributed by atoms with Gasteiger partial charge in [0.05, 0.1) is 11.0 Å². The molecule has 2 aromatic heterocycles. The Morgan fingerprint density at radius 3 is 0.725 bits per heavy atom. The van der Waals surface area contributed by atoms with E-state index in [9.17, 15) is 0 Å². The fraction of sp³-hybridized carbons (Fsp3) is 0. The van der Waals surface area contributed by atoms with Gasteiger partial charge < -0.3 is 4.57 Å². The predicted molar refractivity (Wildman–Crippen MR) is 379 cm³/mol. The second-order valence-electron chi connectivity index (χ2n) is 23.2. The third-order valence-corrected chi connectivity index (χ3v) is 17.4. The van der Waals surface area contributed by atoms with Crippen molar-refractivity contribution in [2.24, 2.45) is 0 Å².